The Morgan fingerprint density at radius 2 is 2.39 bits per heavy atom. The lowest BCUT2D eigenvalue weighted by molar-refractivity contribution is 0.0746. The zero-order valence-corrected chi connectivity index (χ0v) is 10.3. The van der Waals surface area contributed by atoms with Crippen LogP contribution in [0.5, 0.6) is 0 Å². The van der Waals surface area contributed by atoms with Crippen molar-refractivity contribution in [2.45, 2.75) is 13.3 Å². The molecule has 7 nitrogen and oxygen atoms in total. The molecule has 1 aromatic rings. The van der Waals surface area contributed by atoms with Crippen LogP contribution in [-0.2, 0) is 4.74 Å². The van der Waals surface area contributed by atoms with E-state index in [9.17, 15) is 4.79 Å². The Balaban J connectivity index is 1.82. The molecule has 1 fully saturated rings. The van der Waals surface area contributed by atoms with Crippen molar-refractivity contribution < 1.29 is 9.53 Å². The number of anilines is 2. The minimum atomic E-state index is -0.249. The Morgan fingerprint density at radius 3 is 3.11 bits per heavy atom. The first-order chi connectivity index (χ1) is 8.65. The van der Waals surface area contributed by atoms with E-state index >= 15 is 0 Å². The van der Waals surface area contributed by atoms with E-state index in [1.807, 2.05) is 13.0 Å². The van der Waals surface area contributed by atoms with E-state index in [1.54, 1.807) is 4.90 Å². The van der Waals surface area contributed by atoms with E-state index in [2.05, 4.69) is 15.3 Å². The zero-order chi connectivity index (χ0) is 13.0. The molecule has 0 bridgehead atoms. The molecule has 7 heteroatoms. The van der Waals surface area contributed by atoms with Crippen LogP contribution in [-0.4, -0.2) is 47.2 Å². The Hall–Kier alpha value is -2.05. The van der Waals surface area contributed by atoms with Crippen LogP contribution < -0.4 is 11.1 Å². The van der Waals surface area contributed by atoms with Gasteiger partial charge < -0.3 is 20.7 Å². The number of carbonyl (C=O) groups excluding carboxylic acids is 1. The summed E-state index contributed by atoms with van der Waals surface area (Å²) in [5.41, 5.74) is 6.36. The maximum atomic E-state index is 11.4. The predicted octanol–water partition coefficient (Wildman–Crippen LogP) is 0.621. The standard InChI is InChI=1S/C11H17N5O2/c1-8-7-9(15-10(12)14-8)13-3-5-16-4-2-6-18-11(16)17/h7H,2-6H2,1H3,(H3,12,13,14,15). The first-order valence-electron chi connectivity index (χ1n) is 5.92. The molecule has 2 heterocycles. The van der Waals surface area contributed by atoms with Gasteiger partial charge in [-0.05, 0) is 13.3 Å². The van der Waals surface area contributed by atoms with Crippen LogP contribution in [0, 0.1) is 6.92 Å². The van der Waals surface area contributed by atoms with Crippen molar-refractivity contribution in [1.29, 1.82) is 0 Å². The van der Waals surface area contributed by atoms with Crippen LogP contribution in [0.25, 0.3) is 0 Å². The second-order valence-corrected chi connectivity index (χ2v) is 4.13. The molecule has 1 amide bonds. The fourth-order valence-corrected chi connectivity index (χ4v) is 1.80. The fraction of sp³-hybridized carbons (Fsp3) is 0.545. The van der Waals surface area contributed by atoms with Gasteiger partial charge in [-0.1, -0.05) is 0 Å². The number of nitrogen functional groups attached to an aromatic ring is 1. The second kappa shape index (κ2) is 5.52. The van der Waals surface area contributed by atoms with Crippen molar-refractivity contribution in [2.24, 2.45) is 0 Å². The Kier molecular flexibility index (Phi) is 3.81. The van der Waals surface area contributed by atoms with E-state index in [1.165, 1.54) is 0 Å². The number of hydrogen-bond acceptors (Lipinski definition) is 6. The summed E-state index contributed by atoms with van der Waals surface area (Å²) in [4.78, 5) is 21.1. The van der Waals surface area contributed by atoms with Gasteiger partial charge in [-0.25, -0.2) is 9.78 Å². The van der Waals surface area contributed by atoms with Crippen LogP contribution >= 0.6 is 0 Å². The van der Waals surface area contributed by atoms with Gasteiger partial charge in [0.2, 0.25) is 5.95 Å². The van der Waals surface area contributed by atoms with Gasteiger partial charge in [0.1, 0.15) is 5.82 Å². The topological polar surface area (TPSA) is 93.4 Å². The molecule has 1 aliphatic rings. The number of cyclic esters (lactones) is 1. The monoisotopic (exact) mass is 251 g/mol. The summed E-state index contributed by atoms with van der Waals surface area (Å²) in [5.74, 6) is 0.917. The molecule has 0 aliphatic carbocycles. The number of carbonyl (C=O) groups is 1. The molecule has 18 heavy (non-hydrogen) atoms. The molecule has 2 rings (SSSR count). The molecular weight excluding hydrogens is 234 g/mol. The molecule has 0 spiro atoms. The van der Waals surface area contributed by atoms with Crippen molar-refractivity contribution in [3.05, 3.63) is 11.8 Å². The third-order valence-corrected chi connectivity index (χ3v) is 2.62. The minimum Gasteiger partial charge on any atom is -0.449 e. The van der Waals surface area contributed by atoms with Crippen LogP contribution in [0.3, 0.4) is 0 Å². The van der Waals surface area contributed by atoms with E-state index in [-0.39, 0.29) is 12.0 Å². The van der Waals surface area contributed by atoms with Crippen molar-refractivity contribution in [3.8, 4) is 0 Å². The number of hydrogen-bond donors (Lipinski definition) is 2. The molecule has 0 aromatic carbocycles. The SMILES string of the molecule is Cc1cc(NCCN2CCCOC2=O)nc(N)n1. The summed E-state index contributed by atoms with van der Waals surface area (Å²) in [7, 11) is 0. The summed E-state index contributed by atoms with van der Waals surface area (Å²) in [6, 6.07) is 1.81. The van der Waals surface area contributed by atoms with Crippen molar-refractivity contribution in [2.75, 3.05) is 37.3 Å². The highest BCUT2D eigenvalue weighted by Gasteiger charge is 2.18. The lowest BCUT2D eigenvalue weighted by Gasteiger charge is -2.26. The average Bonchev–Trinajstić information content (AvgIpc) is 2.30. The highest BCUT2D eigenvalue weighted by molar-refractivity contribution is 5.68. The van der Waals surface area contributed by atoms with Crippen LogP contribution in [0.1, 0.15) is 12.1 Å². The van der Waals surface area contributed by atoms with E-state index in [4.69, 9.17) is 10.5 Å². The Labute approximate surface area is 105 Å². The maximum absolute atomic E-state index is 11.4. The van der Waals surface area contributed by atoms with E-state index in [0.29, 0.717) is 25.5 Å². The van der Waals surface area contributed by atoms with Gasteiger partial charge in [-0.2, -0.15) is 4.98 Å². The van der Waals surface area contributed by atoms with E-state index < -0.39 is 0 Å². The summed E-state index contributed by atoms with van der Waals surface area (Å²) in [5, 5.41) is 3.11. The lowest BCUT2D eigenvalue weighted by atomic mass is 10.3. The predicted molar refractivity (Wildman–Crippen MR) is 67.2 cm³/mol. The Bertz CT molecular complexity index is 417. The summed E-state index contributed by atoms with van der Waals surface area (Å²) in [6.07, 6.45) is 0.632. The molecule has 0 atom stereocenters. The molecule has 0 unspecified atom stereocenters. The van der Waals surface area contributed by atoms with Gasteiger partial charge in [-0.15, -0.1) is 0 Å². The maximum Gasteiger partial charge on any atom is 0.409 e. The number of aromatic nitrogens is 2. The van der Waals surface area contributed by atoms with Gasteiger partial charge in [0.05, 0.1) is 6.61 Å². The van der Waals surface area contributed by atoms with Crippen LogP contribution in [0.15, 0.2) is 6.07 Å². The molecule has 1 saturated heterocycles. The Morgan fingerprint density at radius 1 is 1.56 bits per heavy atom. The summed E-state index contributed by atoms with van der Waals surface area (Å²) < 4.78 is 4.95. The number of nitrogens with two attached hydrogens (primary N) is 1. The van der Waals surface area contributed by atoms with Gasteiger partial charge in [-0.3, -0.25) is 0 Å². The number of rotatable bonds is 4. The van der Waals surface area contributed by atoms with Crippen LogP contribution in [0.4, 0.5) is 16.6 Å². The number of nitrogens with zero attached hydrogens (tertiary/aromatic N) is 3. The van der Waals surface area contributed by atoms with Crippen molar-refractivity contribution in [1.82, 2.24) is 14.9 Å². The second-order valence-electron chi connectivity index (χ2n) is 4.13. The number of nitrogens with one attached hydrogen (secondary N) is 1. The molecule has 1 aliphatic heterocycles. The fourth-order valence-electron chi connectivity index (χ4n) is 1.80. The third-order valence-electron chi connectivity index (χ3n) is 2.62. The highest BCUT2D eigenvalue weighted by Crippen LogP contribution is 2.08. The largest absolute Gasteiger partial charge is 0.449 e. The first-order valence-corrected chi connectivity index (χ1v) is 5.92. The van der Waals surface area contributed by atoms with Gasteiger partial charge in [0.15, 0.2) is 0 Å². The zero-order valence-electron chi connectivity index (χ0n) is 10.3. The van der Waals surface area contributed by atoms with Crippen LogP contribution in [0.2, 0.25) is 0 Å². The number of aryl methyl sites for hydroxylation is 1. The van der Waals surface area contributed by atoms with Crippen molar-refractivity contribution in [3.63, 3.8) is 0 Å². The number of amides is 1. The third kappa shape index (κ3) is 3.22. The average molecular weight is 251 g/mol. The van der Waals surface area contributed by atoms with Crippen molar-refractivity contribution >= 4 is 17.9 Å². The lowest BCUT2D eigenvalue weighted by Crippen LogP contribution is -2.40. The molecule has 0 saturated carbocycles. The molecule has 98 valence electrons. The molecule has 0 radical (unpaired) electrons. The van der Waals surface area contributed by atoms with E-state index in [0.717, 1.165) is 18.7 Å². The van der Waals surface area contributed by atoms with Gasteiger partial charge in [0.25, 0.3) is 0 Å². The quantitative estimate of drug-likeness (QED) is 0.814. The smallest absolute Gasteiger partial charge is 0.409 e. The molecule has 1 aromatic heterocycles. The summed E-state index contributed by atoms with van der Waals surface area (Å²) in [6.45, 7) is 4.30. The minimum absolute atomic E-state index is 0.245. The summed E-state index contributed by atoms with van der Waals surface area (Å²) >= 11 is 0. The molecule has 3 N–H and O–H groups in total. The molecular formula is C11H17N5O2. The first kappa shape index (κ1) is 12.4. The normalized spacial score (nSPS) is 15.4. The highest BCUT2D eigenvalue weighted by atomic mass is 16.6. The van der Waals surface area contributed by atoms with Gasteiger partial charge in [0, 0.05) is 31.4 Å². The number of ether oxygens (including phenoxy) is 1. The van der Waals surface area contributed by atoms with Gasteiger partial charge >= 0.3 is 6.09 Å².